The summed E-state index contributed by atoms with van der Waals surface area (Å²) in [4.78, 5) is 19.0. The van der Waals surface area contributed by atoms with E-state index in [0.29, 0.717) is 6.54 Å². The van der Waals surface area contributed by atoms with Crippen LogP contribution in [0.5, 0.6) is 0 Å². The Bertz CT molecular complexity index is 484. The number of nitrogens with one attached hydrogen (secondary N) is 1. The number of carbonyl (C=O) groups is 1. The highest BCUT2D eigenvalue weighted by atomic mass is 32.1. The maximum atomic E-state index is 12.0. The zero-order valence-corrected chi connectivity index (χ0v) is 13.2. The lowest BCUT2D eigenvalue weighted by molar-refractivity contribution is -0.124. The Morgan fingerprint density at radius 3 is 2.95 bits per heavy atom. The van der Waals surface area contributed by atoms with E-state index in [-0.39, 0.29) is 17.9 Å². The van der Waals surface area contributed by atoms with Crippen molar-refractivity contribution < 1.29 is 4.79 Å². The minimum absolute atomic E-state index is 0.121. The number of rotatable bonds is 5. The second-order valence-corrected chi connectivity index (χ2v) is 6.96. The van der Waals surface area contributed by atoms with Gasteiger partial charge in [-0.1, -0.05) is 0 Å². The van der Waals surface area contributed by atoms with Crippen LogP contribution in [0, 0.1) is 5.92 Å². The Morgan fingerprint density at radius 2 is 2.24 bits per heavy atom. The van der Waals surface area contributed by atoms with Crippen LogP contribution >= 0.6 is 11.3 Å². The highest BCUT2D eigenvalue weighted by Crippen LogP contribution is 2.25. The van der Waals surface area contributed by atoms with Gasteiger partial charge >= 0.3 is 0 Å². The third-order valence-electron chi connectivity index (χ3n) is 4.44. The standard InChI is InChI=1S/C15H24N4OS/c16-12-4-3-11(9-12)14(20)17-6-5-13-10-21-15(18-13)19-7-1-2-8-19/h10-12H,1-9,16H2,(H,17,20). The fraction of sp³-hybridized carbons (Fsp3) is 0.733. The molecule has 2 atom stereocenters. The predicted molar refractivity (Wildman–Crippen MR) is 85.6 cm³/mol. The molecule has 3 N–H and O–H groups in total. The molecule has 1 aromatic rings. The topological polar surface area (TPSA) is 71.2 Å². The molecule has 2 heterocycles. The van der Waals surface area contributed by atoms with E-state index in [2.05, 4.69) is 20.6 Å². The number of thiazole rings is 1. The first-order valence-electron chi connectivity index (χ1n) is 7.95. The number of amides is 1. The molecule has 1 saturated carbocycles. The highest BCUT2D eigenvalue weighted by Gasteiger charge is 2.27. The van der Waals surface area contributed by atoms with Crippen molar-refractivity contribution in [2.24, 2.45) is 11.7 Å². The molecular weight excluding hydrogens is 284 g/mol. The third kappa shape index (κ3) is 3.74. The van der Waals surface area contributed by atoms with E-state index in [1.165, 1.54) is 12.8 Å². The second-order valence-electron chi connectivity index (χ2n) is 6.13. The molecule has 116 valence electrons. The lowest BCUT2D eigenvalue weighted by atomic mass is 10.1. The molecule has 2 aliphatic rings. The van der Waals surface area contributed by atoms with Gasteiger partial charge in [-0.05, 0) is 32.1 Å². The third-order valence-corrected chi connectivity index (χ3v) is 5.39. The SMILES string of the molecule is NC1CCC(C(=O)NCCc2csc(N3CCCC3)n2)C1. The monoisotopic (exact) mass is 308 g/mol. The smallest absolute Gasteiger partial charge is 0.223 e. The minimum atomic E-state index is 0.121. The van der Waals surface area contributed by atoms with Gasteiger partial charge in [0.15, 0.2) is 5.13 Å². The first kappa shape index (κ1) is 14.8. The zero-order valence-electron chi connectivity index (χ0n) is 12.4. The molecule has 21 heavy (non-hydrogen) atoms. The Labute approximate surface area is 129 Å². The number of hydrogen-bond donors (Lipinski definition) is 2. The Kier molecular flexibility index (Phi) is 4.75. The minimum Gasteiger partial charge on any atom is -0.355 e. The lowest BCUT2D eigenvalue weighted by Crippen LogP contribution is -2.32. The molecule has 2 unspecified atom stereocenters. The lowest BCUT2D eigenvalue weighted by Gasteiger charge is -2.12. The molecule has 0 aromatic carbocycles. The summed E-state index contributed by atoms with van der Waals surface area (Å²) < 4.78 is 0. The van der Waals surface area contributed by atoms with E-state index in [9.17, 15) is 4.79 Å². The molecule has 0 bridgehead atoms. The second kappa shape index (κ2) is 6.75. The van der Waals surface area contributed by atoms with Crippen LogP contribution in [0.25, 0.3) is 0 Å². The van der Waals surface area contributed by atoms with Crippen LogP contribution in [0.2, 0.25) is 0 Å². The number of nitrogens with two attached hydrogens (primary N) is 1. The summed E-state index contributed by atoms with van der Waals surface area (Å²) in [5, 5.41) is 6.28. The average Bonchev–Trinajstić information content (AvgIpc) is 3.19. The number of carbonyl (C=O) groups excluding carboxylic acids is 1. The maximum absolute atomic E-state index is 12.0. The van der Waals surface area contributed by atoms with Crippen molar-refractivity contribution in [2.45, 2.75) is 44.6 Å². The predicted octanol–water partition coefficient (Wildman–Crippen LogP) is 1.53. The zero-order chi connectivity index (χ0) is 14.7. The molecule has 2 fully saturated rings. The van der Waals surface area contributed by atoms with E-state index < -0.39 is 0 Å². The molecule has 1 aromatic heterocycles. The number of aromatic nitrogens is 1. The summed E-state index contributed by atoms with van der Waals surface area (Å²) in [6.07, 6.45) is 6.10. The van der Waals surface area contributed by atoms with Crippen LogP contribution in [-0.2, 0) is 11.2 Å². The van der Waals surface area contributed by atoms with E-state index in [1.54, 1.807) is 11.3 Å². The maximum Gasteiger partial charge on any atom is 0.223 e. The van der Waals surface area contributed by atoms with Crippen molar-refractivity contribution in [1.29, 1.82) is 0 Å². The molecule has 1 amide bonds. The quantitative estimate of drug-likeness (QED) is 0.865. The van der Waals surface area contributed by atoms with Crippen molar-refractivity contribution >= 4 is 22.4 Å². The van der Waals surface area contributed by atoms with E-state index in [0.717, 1.165) is 49.6 Å². The molecule has 1 saturated heterocycles. The summed E-state index contributed by atoms with van der Waals surface area (Å²) >= 11 is 1.72. The van der Waals surface area contributed by atoms with Crippen LogP contribution in [-0.4, -0.2) is 36.6 Å². The van der Waals surface area contributed by atoms with Crippen molar-refractivity contribution in [3.63, 3.8) is 0 Å². The molecule has 0 spiro atoms. The fourth-order valence-corrected chi connectivity index (χ4v) is 4.09. The first-order valence-corrected chi connectivity index (χ1v) is 8.83. The molecular formula is C15H24N4OS. The summed E-state index contributed by atoms with van der Waals surface area (Å²) in [5.41, 5.74) is 6.94. The number of anilines is 1. The van der Waals surface area contributed by atoms with Crippen molar-refractivity contribution in [1.82, 2.24) is 10.3 Å². The van der Waals surface area contributed by atoms with Gasteiger partial charge in [-0.3, -0.25) is 4.79 Å². The average molecular weight is 308 g/mol. The number of hydrogen-bond acceptors (Lipinski definition) is 5. The molecule has 3 rings (SSSR count). The van der Waals surface area contributed by atoms with Crippen LogP contribution in [0.3, 0.4) is 0 Å². The largest absolute Gasteiger partial charge is 0.355 e. The summed E-state index contributed by atoms with van der Waals surface area (Å²) in [5.74, 6) is 0.286. The van der Waals surface area contributed by atoms with Gasteiger partial charge < -0.3 is 16.0 Å². The van der Waals surface area contributed by atoms with Gasteiger partial charge in [0, 0.05) is 43.4 Å². The molecule has 5 nitrogen and oxygen atoms in total. The first-order chi connectivity index (χ1) is 10.2. The Hall–Kier alpha value is -1.14. The van der Waals surface area contributed by atoms with Crippen LogP contribution < -0.4 is 16.0 Å². The van der Waals surface area contributed by atoms with Gasteiger partial charge in [0.1, 0.15) is 0 Å². The molecule has 6 heteroatoms. The van der Waals surface area contributed by atoms with Gasteiger partial charge in [-0.25, -0.2) is 4.98 Å². The summed E-state index contributed by atoms with van der Waals surface area (Å²) in [6, 6.07) is 0.210. The molecule has 1 aliphatic heterocycles. The highest BCUT2D eigenvalue weighted by molar-refractivity contribution is 7.13. The van der Waals surface area contributed by atoms with E-state index in [4.69, 9.17) is 5.73 Å². The van der Waals surface area contributed by atoms with E-state index in [1.807, 2.05) is 0 Å². The van der Waals surface area contributed by atoms with Gasteiger partial charge in [0.05, 0.1) is 5.69 Å². The van der Waals surface area contributed by atoms with E-state index >= 15 is 0 Å². The Balaban J connectivity index is 1.42. The molecule has 0 radical (unpaired) electrons. The summed E-state index contributed by atoms with van der Waals surface area (Å²) in [6.45, 7) is 2.94. The van der Waals surface area contributed by atoms with Gasteiger partial charge in [0.25, 0.3) is 0 Å². The summed E-state index contributed by atoms with van der Waals surface area (Å²) in [7, 11) is 0. The van der Waals surface area contributed by atoms with Crippen LogP contribution in [0.4, 0.5) is 5.13 Å². The normalized spacial score (nSPS) is 25.5. The molecule has 1 aliphatic carbocycles. The van der Waals surface area contributed by atoms with Crippen molar-refractivity contribution in [2.75, 3.05) is 24.5 Å². The van der Waals surface area contributed by atoms with Gasteiger partial charge in [0.2, 0.25) is 5.91 Å². The van der Waals surface area contributed by atoms with Gasteiger partial charge in [-0.2, -0.15) is 0 Å². The van der Waals surface area contributed by atoms with Gasteiger partial charge in [-0.15, -0.1) is 11.3 Å². The number of nitrogens with zero attached hydrogens (tertiary/aromatic N) is 2. The fourth-order valence-electron chi connectivity index (χ4n) is 3.18. The van der Waals surface area contributed by atoms with Crippen LogP contribution in [0.15, 0.2) is 5.38 Å². The van der Waals surface area contributed by atoms with Crippen molar-refractivity contribution in [3.05, 3.63) is 11.1 Å². The Morgan fingerprint density at radius 1 is 1.43 bits per heavy atom. The van der Waals surface area contributed by atoms with Crippen LogP contribution in [0.1, 0.15) is 37.8 Å². The van der Waals surface area contributed by atoms with Crippen molar-refractivity contribution in [3.8, 4) is 0 Å².